The van der Waals surface area contributed by atoms with Crippen LogP contribution in [0.5, 0.6) is 0 Å². The SMILES string of the molecule is Cc1c(Cl)nc(C(C)S(C)(=O)=O)nc1-c1ccccc1. The molecule has 0 saturated carbocycles. The molecule has 106 valence electrons. The van der Waals surface area contributed by atoms with Crippen LogP contribution in [-0.4, -0.2) is 24.6 Å². The number of hydrogen-bond acceptors (Lipinski definition) is 4. The molecule has 0 amide bonds. The van der Waals surface area contributed by atoms with Crippen molar-refractivity contribution in [2.45, 2.75) is 19.1 Å². The Morgan fingerprint density at radius 2 is 1.75 bits per heavy atom. The van der Waals surface area contributed by atoms with Gasteiger partial charge in [0, 0.05) is 17.4 Å². The van der Waals surface area contributed by atoms with E-state index in [4.69, 9.17) is 11.6 Å². The molecule has 0 fully saturated rings. The molecule has 1 unspecified atom stereocenters. The number of benzene rings is 1. The van der Waals surface area contributed by atoms with E-state index in [-0.39, 0.29) is 11.0 Å². The van der Waals surface area contributed by atoms with Gasteiger partial charge in [-0.3, -0.25) is 0 Å². The molecule has 20 heavy (non-hydrogen) atoms. The highest BCUT2D eigenvalue weighted by Gasteiger charge is 2.22. The van der Waals surface area contributed by atoms with E-state index in [0.29, 0.717) is 5.69 Å². The van der Waals surface area contributed by atoms with Crippen LogP contribution in [0.4, 0.5) is 0 Å². The monoisotopic (exact) mass is 310 g/mol. The van der Waals surface area contributed by atoms with Crippen molar-refractivity contribution >= 4 is 21.4 Å². The zero-order valence-corrected chi connectivity index (χ0v) is 13.0. The van der Waals surface area contributed by atoms with E-state index in [0.717, 1.165) is 17.4 Å². The Labute approximate surface area is 123 Å². The molecule has 0 radical (unpaired) electrons. The fourth-order valence-electron chi connectivity index (χ4n) is 1.76. The van der Waals surface area contributed by atoms with Crippen LogP contribution in [0.25, 0.3) is 11.3 Å². The molecular formula is C14H15ClN2O2S. The summed E-state index contributed by atoms with van der Waals surface area (Å²) in [6.07, 6.45) is 1.16. The van der Waals surface area contributed by atoms with Crippen molar-refractivity contribution in [3.63, 3.8) is 0 Å². The average Bonchev–Trinajstić information content (AvgIpc) is 2.41. The van der Waals surface area contributed by atoms with Crippen LogP contribution in [0.15, 0.2) is 30.3 Å². The van der Waals surface area contributed by atoms with Gasteiger partial charge in [0.05, 0.1) is 5.69 Å². The molecule has 0 bridgehead atoms. The molecule has 1 heterocycles. The summed E-state index contributed by atoms with van der Waals surface area (Å²) in [5, 5.41) is -0.507. The first-order valence-electron chi connectivity index (χ1n) is 6.09. The van der Waals surface area contributed by atoms with Crippen LogP contribution < -0.4 is 0 Å². The van der Waals surface area contributed by atoms with Crippen LogP contribution in [0, 0.1) is 6.92 Å². The van der Waals surface area contributed by atoms with Crippen LogP contribution in [0.1, 0.15) is 23.6 Å². The van der Waals surface area contributed by atoms with E-state index < -0.39 is 15.1 Å². The first-order valence-corrected chi connectivity index (χ1v) is 8.42. The average molecular weight is 311 g/mol. The second-order valence-corrected chi connectivity index (χ2v) is 7.41. The summed E-state index contributed by atoms with van der Waals surface area (Å²) < 4.78 is 23.3. The molecule has 6 heteroatoms. The number of halogens is 1. The zero-order chi connectivity index (χ0) is 14.9. The highest BCUT2D eigenvalue weighted by Crippen LogP contribution is 2.28. The van der Waals surface area contributed by atoms with Crippen molar-refractivity contribution in [1.82, 2.24) is 9.97 Å². The quantitative estimate of drug-likeness (QED) is 0.817. The normalized spacial score (nSPS) is 13.2. The van der Waals surface area contributed by atoms with E-state index >= 15 is 0 Å². The Morgan fingerprint density at radius 1 is 1.15 bits per heavy atom. The van der Waals surface area contributed by atoms with Gasteiger partial charge in [-0.15, -0.1) is 0 Å². The smallest absolute Gasteiger partial charge is 0.157 e. The summed E-state index contributed by atoms with van der Waals surface area (Å²) in [5.74, 6) is 0.224. The summed E-state index contributed by atoms with van der Waals surface area (Å²) in [7, 11) is -3.27. The minimum atomic E-state index is -3.27. The molecule has 0 aliphatic carbocycles. The van der Waals surface area contributed by atoms with Crippen LogP contribution in [-0.2, 0) is 9.84 Å². The molecule has 2 aromatic rings. The van der Waals surface area contributed by atoms with Gasteiger partial charge in [0.25, 0.3) is 0 Å². The molecule has 1 aromatic heterocycles. The van der Waals surface area contributed by atoms with Crippen molar-refractivity contribution in [1.29, 1.82) is 0 Å². The second kappa shape index (κ2) is 5.50. The maximum atomic E-state index is 11.7. The lowest BCUT2D eigenvalue weighted by Crippen LogP contribution is -2.12. The van der Waals surface area contributed by atoms with Gasteiger partial charge < -0.3 is 0 Å². The standard InChI is InChI=1S/C14H15ClN2O2S/c1-9-12(11-7-5-4-6-8-11)16-14(17-13(9)15)10(2)20(3,18)19/h4-8,10H,1-3H3. The summed E-state index contributed by atoms with van der Waals surface area (Å²) in [6.45, 7) is 3.38. The molecule has 2 rings (SSSR count). The minimum Gasteiger partial charge on any atom is -0.231 e. The predicted octanol–water partition coefficient (Wildman–Crippen LogP) is 3.21. The van der Waals surface area contributed by atoms with Crippen molar-refractivity contribution < 1.29 is 8.42 Å². The lowest BCUT2D eigenvalue weighted by Gasteiger charge is -2.13. The molecule has 0 aliphatic heterocycles. The lowest BCUT2D eigenvalue weighted by atomic mass is 10.1. The van der Waals surface area contributed by atoms with Gasteiger partial charge in [0.15, 0.2) is 9.84 Å². The molecule has 1 atom stereocenters. The van der Waals surface area contributed by atoms with Gasteiger partial charge in [0.1, 0.15) is 16.2 Å². The molecule has 4 nitrogen and oxygen atoms in total. The van der Waals surface area contributed by atoms with Crippen molar-refractivity contribution in [2.75, 3.05) is 6.26 Å². The second-order valence-electron chi connectivity index (χ2n) is 4.68. The Morgan fingerprint density at radius 3 is 2.30 bits per heavy atom. The highest BCUT2D eigenvalue weighted by atomic mass is 35.5. The first kappa shape index (κ1) is 14.9. The number of aromatic nitrogens is 2. The van der Waals surface area contributed by atoms with Crippen LogP contribution in [0.3, 0.4) is 0 Å². The Kier molecular flexibility index (Phi) is 4.11. The van der Waals surface area contributed by atoms with Crippen molar-refractivity contribution in [2.24, 2.45) is 0 Å². The third-order valence-corrected chi connectivity index (χ3v) is 5.02. The Hall–Kier alpha value is -1.46. The van der Waals surface area contributed by atoms with Gasteiger partial charge in [-0.05, 0) is 13.8 Å². The van der Waals surface area contributed by atoms with Crippen molar-refractivity contribution in [3.8, 4) is 11.3 Å². The van der Waals surface area contributed by atoms with Gasteiger partial charge in [-0.25, -0.2) is 18.4 Å². The largest absolute Gasteiger partial charge is 0.231 e. The van der Waals surface area contributed by atoms with Crippen molar-refractivity contribution in [3.05, 3.63) is 46.9 Å². The summed E-state index contributed by atoms with van der Waals surface area (Å²) in [4.78, 5) is 8.50. The molecule has 0 spiro atoms. The first-order chi connectivity index (χ1) is 9.30. The van der Waals surface area contributed by atoms with Gasteiger partial charge in [0.2, 0.25) is 0 Å². The van der Waals surface area contributed by atoms with E-state index in [1.54, 1.807) is 6.92 Å². The van der Waals surface area contributed by atoms with Gasteiger partial charge in [-0.1, -0.05) is 41.9 Å². The third-order valence-electron chi connectivity index (χ3n) is 3.16. The van der Waals surface area contributed by atoms with E-state index in [1.165, 1.54) is 0 Å². The highest BCUT2D eigenvalue weighted by molar-refractivity contribution is 7.90. The predicted molar refractivity (Wildman–Crippen MR) is 80.5 cm³/mol. The van der Waals surface area contributed by atoms with E-state index in [1.807, 2.05) is 37.3 Å². The minimum absolute atomic E-state index is 0.224. The zero-order valence-electron chi connectivity index (χ0n) is 11.5. The molecule has 0 aliphatic rings. The fourth-order valence-corrected chi connectivity index (χ4v) is 2.42. The van der Waals surface area contributed by atoms with Crippen LogP contribution >= 0.6 is 11.6 Å². The van der Waals surface area contributed by atoms with E-state index in [2.05, 4.69) is 9.97 Å². The topological polar surface area (TPSA) is 59.9 Å². The van der Waals surface area contributed by atoms with Gasteiger partial charge >= 0.3 is 0 Å². The Bertz CT molecular complexity index is 730. The number of nitrogens with zero attached hydrogens (tertiary/aromatic N) is 2. The maximum absolute atomic E-state index is 11.7. The molecule has 1 aromatic carbocycles. The summed E-state index contributed by atoms with van der Waals surface area (Å²) in [5.41, 5.74) is 2.29. The lowest BCUT2D eigenvalue weighted by molar-refractivity contribution is 0.589. The Balaban J connectivity index is 2.63. The fraction of sp³-hybridized carbons (Fsp3) is 0.286. The summed E-state index contributed by atoms with van der Waals surface area (Å²) in [6, 6.07) is 9.50. The summed E-state index contributed by atoms with van der Waals surface area (Å²) >= 11 is 6.12. The van der Waals surface area contributed by atoms with Gasteiger partial charge in [-0.2, -0.15) is 0 Å². The third kappa shape index (κ3) is 2.99. The number of hydrogen-bond donors (Lipinski definition) is 0. The van der Waals surface area contributed by atoms with E-state index in [9.17, 15) is 8.42 Å². The number of sulfone groups is 1. The number of rotatable bonds is 3. The molecule has 0 N–H and O–H groups in total. The maximum Gasteiger partial charge on any atom is 0.157 e. The van der Waals surface area contributed by atoms with Crippen LogP contribution in [0.2, 0.25) is 5.15 Å². The molecule has 0 saturated heterocycles. The molecular weight excluding hydrogens is 296 g/mol.